The molecule has 14 heteroatoms. The number of phenolic OH excluding ortho intramolecular Hbond substituents is 1. The molecular weight excluding hydrogens is 495 g/mol. The van der Waals surface area contributed by atoms with E-state index >= 15 is 0 Å². The predicted octanol–water partition coefficient (Wildman–Crippen LogP) is 1.27. The first-order chi connectivity index (χ1) is 16.3. The van der Waals surface area contributed by atoms with E-state index in [1.165, 1.54) is 16.7 Å². The van der Waals surface area contributed by atoms with Crippen molar-refractivity contribution in [1.29, 1.82) is 0 Å². The fraction of sp³-hybridized carbons (Fsp3) is 0.333. The molecule has 0 aliphatic carbocycles. The van der Waals surface area contributed by atoms with Gasteiger partial charge in [-0.2, -0.15) is 13.2 Å². The summed E-state index contributed by atoms with van der Waals surface area (Å²) in [5, 5.41) is 25.9. The Kier molecular flexibility index (Phi) is 7.45. The number of thioether (sulfide) groups is 1. The van der Waals surface area contributed by atoms with Gasteiger partial charge in [0.25, 0.3) is 0 Å². The molecule has 5 N–H and O–H groups in total. The molecule has 0 saturated carbocycles. The fourth-order valence-electron chi connectivity index (χ4n) is 3.69. The number of allylic oxidation sites excluding steroid dienone is 1. The molecule has 0 bridgehead atoms. The summed E-state index contributed by atoms with van der Waals surface area (Å²) in [4.78, 5) is 48.3. The lowest BCUT2D eigenvalue weighted by Crippen LogP contribution is -2.68. The number of amides is 2. The molecule has 188 valence electrons. The van der Waals surface area contributed by atoms with Crippen molar-refractivity contribution in [3.05, 3.63) is 52.7 Å². The number of carbonyl (C=O) groups is 4. The fourth-order valence-corrected chi connectivity index (χ4v) is 4.94. The van der Waals surface area contributed by atoms with Crippen LogP contribution in [0.4, 0.5) is 13.2 Å². The van der Waals surface area contributed by atoms with Crippen LogP contribution in [0, 0.1) is 0 Å². The number of nitrogens with two attached hydrogens (primary N) is 1. The molecule has 0 unspecified atom stereocenters. The Balaban J connectivity index is 0.000000429. The largest absolute Gasteiger partial charge is 0.508 e. The Morgan fingerprint density at radius 2 is 1.89 bits per heavy atom. The number of alkyl halides is 3. The third-order valence-electron chi connectivity index (χ3n) is 5.33. The molecule has 10 nitrogen and oxygen atoms in total. The minimum atomic E-state index is -5.08. The molecule has 0 aromatic heterocycles. The number of fused-ring (bicyclic) bond motifs is 1. The van der Waals surface area contributed by atoms with Crippen molar-refractivity contribution in [1.82, 2.24) is 9.80 Å². The van der Waals surface area contributed by atoms with Gasteiger partial charge in [-0.3, -0.25) is 14.5 Å². The second-order valence-corrected chi connectivity index (χ2v) is 8.84. The summed E-state index contributed by atoms with van der Waals surface area (Å²) in [6.07, 6.45) is -2.98. The van der Waals surface area contributed by atoms with E-state index < -0.39 is 30.1 Å². The molecule has 2 saturated heterocycles. The molecule has 3 heterocycles. The van der Waals surface area contributed by atoms with Gasteiger partial charge in [-0.15, -0.1) is 11.8 Å². The first kappa shape index (κ1) is 26.1. The van der Waals surface area contributed by atoms with E-state index in [9.17, 15) is 37.8 Å². The van der Waals surface area contributed by atoms with Crippen molar-refractivity contribution in [2.75, 3.05) is 12.3 Å². The number of benzene rings is 1. The Morgan fingerprint density at radius 1 is 1.23 bits per heavy atom. The molecule has 2 fully saturated rings. The normalized spacial score (nSPS) is 23.0. The lowest BCUT2D eigenvalue weighted by molar-refractivity contribution is -0.192. The van der Waals surface area contributed by atoms with Crippen LogP contribution in [0.2, 0.25) is 0 Å². The van der Waals surface area contributed by atoms with Crippen LogP contribution in [-0.2, 0) is 25.7 Å². The van der Waals surface area contributed by atoms with Crippen LogP contribution in [0.1, 0.15) is 12.0 Å². The SMILES string of the molecule is N[C@@H]1C(=O)N2C(C(=O)O)=C(C=C3CCN(Cc4cccc(O)c4)C3=O)CS[C@H]12.O=C(O)C(F)(F)F. The monoisotopic (exact) mass is 515 g/mol. The van der Waals surface area contributed by atoms with Crippen LogP contribution in [-0.4, -0.2) is 78.8 Å². The maximum atomic E-state index is 12.7. The van der Waals surface area contributed by atoms with Gasteiger partial charge in [0.15, 0.2) is 0 Å². The zero-order valence-electron chi connectivity index (χ0n) is 17.9. The van der Waals surface area contributed by atoms with Gasteiger partial charge in [0, 0.05) is 24.4 Å². The molecule has 2 amide bonds. The average Bonchev–Trinajstić information content (AvgIpc) is 3.11. The van der Waals surface area contributed by atoms with Crippen molar-refractivity contribution in [3.8, 4) is 5.75 Å². The second-order valence-electron chi connectivity index (χ2n) is 7.73. The molecule has 2 atom stereocenters. The Morgan fingerprint density at radius 3 is 2.46 bits per heavy atom. The summed E-state index contributed by atoms with van der Waals surface area (Å²) in [5.41, 5.74) is 7.46. The Bertz CT molecular complexity index is 1140. The zero-order chi connectivity index (χ0) is 26.1. The maximum absolute atomic E-state index is 12.7. The zero-order valence-corrected chi connectivity index (χ0v) is 18.7. The van der Waals surface area contributed by atoms with Gasteiger partial charge in [0.2, 0.25) is 11.8 Å². The van der Waals surface area contributed by atoms with Gasteiger partial charge in [0.05, 0.1) is 0 Å². The molecule has 35 heavy (non-hydrogen) atoms. The summed E-state index contributed by atoms with van der Waals surface area (Å²) in [6.45, 7) is 0.880. The second kappa shape index (κ2) is 10.00. The van der Waals surface area contributed by atoms with Gasteiger partial charge in [-0.1, -0.05) is 12.1 Å². The number of aromatic hydroxyl groups is 1. The van der Waals surface area contributed by atoms with Gasteiger partial charge < -0.3 is 26.0 Å². The molecule has 3 aliphatic rings. The average molecular weight is 515 g/mol. The van der Waals surface area contributed by atoms with Crippen LogP contribution >= 0.6 is 11.8 Å². The number of carboxylic acid groups (broad SMARTS) is 2. The van der Waals surface area contributed by atoms with Gasteiger partial charge in [-0.25, -0.2) is 9.59 Å². The molecule has 3 aliphatic heterocycles. The molecular formula is C21H20F3N3O7S. The van der Waals surface area contributed by atoms with Crippen LogP contribution < -0.4 is 5.73 Å². The Labute approximate surface area is 200 Å². The highest BCUT2D eigenvalue weighted by Gasteiger charge is 2.51. The molecule has 4 rings (SSSR count). The number of likely N-dealkylation sites (tertiary alicyclic amines) is 1. The van der Waals surface area contributed by atoms with E-state index in [-0.39, 0.29) is 22.7 Å². The number of hydrogen-bond acceptors (Lipinski definition) is 7. The van der Waals surface area contributed by atoms with Crippen molar-refractivity contribution in [3.63, 3.8) is 0 Å². The lowest BCUT2D eigenvalue weighted by atomic mass is 10.0. The summed E-state index contributed by atoms with van der Waals surface area (Å²) < 4.78 is 31.7. The first-order valence-electron chi connectivity index (χ1n) is 10.1. The number of β-lactam (4-membered cyclic amide) rings is 1. The molecule has 1 aromatic rings. The van der Waals surface area contributed by atoms with Crippen LogP contribution in [0.3, 0.4) is 0 Å². The Hall–Kier alpha value is -3.52. The summed E-state index contributed by atoms with van der Waals surface area (Å²) >= 11 is 1.41. The van der Waals surface area contributed by atoms with E-state index in [1.54, 1.807) is 29.2 Å². The van der Waals surface area contributed by atoms with E-state index in [1.807, 2.05) is 6.07 Å². The van der Waals surface area contributed by atoms with E-state index in [2.05, 4.69) is 0 Å². The standard InChI is InChI=1S/C19H19N3O5S.C2HF3O2/c20-14-17(25)22-15(19(26)27)12(9-28-18(14)22)7-11-4-5-21(16(11)24)8-10-2-1-3-13(23)6-10;3-2(4,5)1(6)7/h1-3,6-7,14,18,23H,4-5,8-9,20H2,(H,26,27);(H,6,7)/t14-,18-;/m1./s1. The topological polar surface area (TPSA) is 161 Å². The third-order valence-corrected chi connectivity index (χ3v) is 6.65. The lowest BCUT2D eigenvalue weighted by Gasteiger charge is -2.47. The van der Waals surface area contributed by atoms with Crippen molar-refractivity contribution >= 4 is 35.5 Å². The van der Waals surface area contributed by atoms with Crippen molar-refractivity contribution < 1.29 is 47.7 Å². The minimum Gasteiger partial charge on any atom is -0.508 e. The van der Waals surface area contributed by atoms with Gasteiger partial charge in [0.1, 0.15) is 22.9 Å². The number of rotatable bonds is 4. The quantitative estimate of drug-likeness (QED) is 0.342. The van der Waals surface area contributed by atoms with Crippen molar-refractivity contribution in [2.24, 2.45) is 5.73 Å². The molecule has 0 radical (unpaired) electrons. The maximum Gasteiger partial charge on any atom is 0.490 e. The molecule has 0 spiro atoms. The smallest absolute Gasteiger partial charge is 0.490 e. The van der Waals surface area contributed by atoms with Gasteiger partial charge >= 0.3 is 18.1 Å². The number of nitrogens with zero attached hydrogens (tertiary/aromatic N) is 2. The summed E-state index contributed by atoms with van der Waals surface area (Å²) in [7, 11) is 0. The van der Waals surface area contributed by atoms with Crippen LogP contribution in [0.15, 0.2) is 47.2 Å². The number of halogens is 3. The number of carboxylic acids is 2. The number of hydrogen-bond donors (Lipinski definition) is 4. The number of phenols is 1. The summed E-state index contributed by atoms with van der Waals surface area (Å²) in [5.74, 6) is -4.00. The van der Waals surface area contributed by atoms with E-state index in [0.29, 0.717) is 36.4 Å². The first-order valence-corrected chi connectivity index (χ1v) is 11.1. The highest BCUT2D eigenvalue weighted by atomic mass is 32.2. The predicted molar refractivity (Wildman–Crippen MR) is 116 cm³/mol. The highest BCUT2D eigenvalue weighted by Crippen LogP contribution is 2.40. The summed E-state index contributed by atoms with van der Waals surface area (Å²) in [6, 6.07) is 6.04. The third kappa shape index (κ3) is 5.59. The van der Waals surface area contributed by atoms with E-state index in [4.69, 9.17) is 15.6 Å². The minimum absolute atomic E-state index is 0.0813. The van der Waals surface area contributed by atoms with Crippen molar-refractivity contribution in [2.45, 2.75) is 30.6 Å². The number of carbonyl (C=O) groups excluding carboxylic acids is 2. The number of aliphatic carboxylic acids is 2. The van der Waals surface area contributed by atoms with Crippen LogP contribution in [0.5, 0.6) is 5.75 Å². The molecule has 1 aromatic carbocycles. The van der Waals surface area contributed by atoms with Gasteiger partial charge in [-0.05, 0) is 35.8 Å². The highest BCUT2D eigenvalue weighted by molar-refractivity contribution is 8.00. The van der Waals surface area contributed by atoms with E-state index in [0.717, 1.165) is 5.56 Å². The van der Waals surface area contributed by atoms with Crippen LogP contribution in [0.25, 0.3) is 0 Å².